The summed E-state index contributed by atoms with van der Waals surface area (Å²) in [5, 5.41) is 13.0. The molecule has 2 N–H and O–H groups in total. The number of nitrogens with zero attached hydrogens (tertiary/aromatic N) is 4. The second-order valence-corrected chi connectivity index (χ2v) is 7.88. The first-order chi connectivity index (χ1) is 14.1. The summed E-state index contributed by atoms with van der Waals surface area (Å²) in [5.74, 6) is 0. The molecule has 7 heteroatoms. The molecule has 0 aliphatic heterocycles. The molecule has 3 aromatic heterocycles. The van der Waals surface area contributed by atoms with Gasteiger partial charge in [-0.3, -0.25) is 14.3 Å². The molecule has 0 aliphatic rings. The lowest BCUT2D eigenvalue weighted by Gasteiger charge is -2.12. The third-order valence-electron chi connectivity index (χ3n) is 5.62. The molecule has 148 valence electrons. The Balaban J connectivity index is 1.58. The van der Waals surface area contributed by atoms with Crippen LogP contribution in [0.25, 0.3) is 38.2 Å². The lowest BCUT2D eigenvalue weighted by atomic mass is 10.1. The average Bonchev–Trinajstić information content (AvgIpc) is 3.35. The van der Waals surface area contributed by atoms with Gasteiger partial charge < -0.3 is 10.2 Å². The Kier molecular flexibility index (Phi) is 4.32. The van der Waals surface area contributed by atoms with E-state index < -0.39 is 0 Å². The normalized spacial score (nSPS) is 12.2. The maximum absolute atomic E-state index is 13.5. The number of benzene rings is 2. The van der Waals surface area contributed by atoms with Crippen LogP contribution in [0.3, 0.4) is 0 Å². The van der Waals surface area contributed by atoms with E-state index in [4.69, 9.17) is 0 Å². The third kappa shape index (κ3) is 2.89. The fourth-order valence-corrected chi connectivity index (χ4v) is 4.19. The molecule has 0 radical (unpaired) electrons. The van der Waals surface area contributed by atoms with Gasteiger partial charge in [-0.05, 0) is 57.7 Å². The monoisotopic (exact) mass is 388 g/mol. The van der Waals surface area contributed by atoms with E-state index in [1.165, 1.54) is 6.42 Å². The molecule has 7 nitrogen and oxygen atoms in total. The predicted molar refractivity (Wildman–Crippen MR) is 118 cm³/mol. The molecular formula is C22H24N6O. The Hall–Kier alpha value is -3.19. The van der Waals surface area contributed by atoms with Crippen LogP contribution in [0.4, 0.5) is 5.69 Å². The maximum Gasteiger partial charge on any atom is 0.199 e. The molecule has 0 saturated carbocycles. The van der Waals surface area contributed by atoms with Crippen molar-refractivity contribution in [1.82, 2.24) is 24.5 Å². The van der Waals surface area contributed by atoms with Gasteiger partial charge in [0.25, 0.3) is 0 Å². The summed E-state index contributed by atoms with van der Waals surface area (Å²) in [4.78, 5) is 20.2. The van der Waals surface area contributed by atoms with E-state index in [9.17, 15) is 4.79 Å². The number of anilines is 1. The number of fused-ring (bicyclic) bond motifs is 4. The van der Waals surface area contributed by atoms with Gasteiger partial charge in [-0.1, -0.05) is 6.42 Å². The first-order valence-electron chi connectivity index (χ1n) is 10.0. The molecule has 0 bridgehead atoms. The molecule has 0 spiro atoms. The van der Waals surface area contributed by atoms with Crippen molar-refractivity contribution in [3.8, 4) is 0 Å². The molecule has 29 heavy (non-hydrogen) atoms. The van der Waals surface area contributed by atoms with E-state index in [1.807, 2.05) is 28.7 Å². The van der Waals surface area contributed by atoms with Gasteiger partial charge in [0.05, 0.1) is 33.6 Å². The van der Waals surface area contributed by atoms with Crippen LogP contribution in [0, 0.1) is 0 Å². The van der Waals surface area contributed by atoms with Crippen molar-refractivity contribution >= 4 is 43.9 Å². The van der Waals surface area contributed by atoms with Crippen LogP contribution in [0.15, 0.2) is 41.6 Å². The lowest BCUT2D eigenvalue weighted by Crippen LogP contribution is -2.13. The molecule has 5 rings (SSSR count). The molecule has 0 amide bonds. The van der Waals surface area contributed by atoms with Crippen LogP contribution in [0.5, 0.6) is 0 Å². The number of rotatable bonds is 7. The molecule has 2 aromatic carbocycles. The van der Waals surface area contributed by atoms with E-state index in [0.717, 1.165) is 59.1 Å². The molecule has 3 heterocycles. The topological polar surface area (TPSA) is 78.3 Å². The quantitative estimate of drug-likeness (QED) is 0.330. The van der Waals surface area contributed by atoms with E-state index in [2.05, 4.69) is 39.5 Å². The van der Waals surface area contributed by atoms with Crippen LogP contribution in [-0.2, 0) is 0 Å². The number of H-pyrrole nitrogens is 1. The molecule has 0 unspecified atom stereocenters. The highest BCUT2D eigenvalue weighted by atomic mass is 16.1. The number of aromatic nitrogens is 4. The minimum atomic E-state index is 0.0387. The first kappa shape index (κ1) is 17.9. The lowest BCUT2D eigenvalue weighted by molar-refractivity contribution is 0.393. The standard InChI is InChI=1S/C22H24N6O/c1-27(2)11-5-3-4-10-23-17-8-9-18-21-19(17)22(29)14-6-7-16-15(12-25-26-16)20(14)28(21)13-24-18/h6-9,12-13,23H,3-5,10-11H2,1-2H3,(H,25,26). The van der Waals surface area contributed by atoms with Gasteiger partial charge in [0.1, 0.15) is 6.33 Å². The number of nitrogens with one attached hydrogen (secondary N) is 2. The Labute approximate surface area is 167 Å². The van der Waals surface area contributed by atoms with Gasteiger partial charge >= 0.3 is 0 Å². The van der Waals surface area contributed by atoms with Crippen LogP contribution in [0.1, 0.15) is 19.3 Å². The highest BCUT2D eigenvalue weighted by Gasteiger charge is 2.18. The van der Waals surface area contributed by atoms with E-state index in [0.29, 0.717) is 10.8 Å². The average molecular weight is 388 g/mol. The summed E-state index contributed by atoms with van der Waals surface area (Å²) in [6.07, 6.45) is 6.99. The number of hydrogen-bond acceptors (Lipinski definition) is 5. The van der Waals surface area contributed by atoms with Crippen LogP contribution < -0.4 is 10.7 Å². The Morgan fingerprint density at radius 3 is 2.83 bits per heavy atom. The molecule has 0 atom stereocenters. The zero-order valence-corrected chi connectivity index (χ0v) is 16.7. The summed E-state index contributed by atoms with van der Waals surface area (Å²) in [5.41, 5.74) is 4.39. The van der Waals surface area contributed by atoms with E-state index in [1.54, 1.807) is 12.5 Å². The van der Waals surface area contributed by atoms with Crippen molar-refractivity contribution in [2.24, 2.45) is 0 Å². The Bertz CT molecular complexity index is 1370. The summed E-state index contributed by atoms with van der Waals surface area (Å²) in [6, 6.07) is 7.76. The maximum atomic E-state index is 13.5. The summed E-state index contributed by atoms with van der Waals surface area (Å²) in [6.45, 7) is 1.95. The fraction of sp³-hybridized carbons (Fsp3) is 0.318. The number of unbranched alkanes of at least 4 members (excludes halogenated alkanes) is 2. The molecule has 5 aromatic rings. The molecular weight excluding hydrogens is 364 g/mol. The summed E-state index contributed by atoms with van der Waals surface area (Å²) >= 11 is 0. The molecule has 0 fully saturated rings. The number of hydrogen-bond donors (Lipinski definition) is 2. The van der Waals surface area contributed by atoms with Gasteiger partial charge in [-0.15, -0.1) is 0 Å². The highest BCUT2D eigenvalue weighted by Crippen LogP contribution is 2.31. The zero-order valence-electron chi connectivity index (χ0n) is 16.7. The number of pyridine rings is 1. The number of aromatic amines is 1. The fourth-order valence-electron chi connectivity index (χ4n) is 4.19. The minimum absolute atomic E-state index is 0.0387. The van der Waals surface area contributed by atoms with Gasteiger partial charge in [-0.25, -0.2) is 4.98 Å². The van der Waals surface area contributed by atoms with Gasteiger partial charge in [0, 0.05) is 23.0 Å². The van der Waals surface area contributed by atoms with Crippen molar-refractivity contribution in [1.29, 1.82) is 0 Å². The summed E-state index contributed by atoms with van der Waals surface area (Å²) < 4.78 is 2.03. The van der Waals surface area contributed by atoms with Crippen molar-refractivity contribution in [2.75, 3.05) is 32.5 Å². The second kappa shape index (κ2) is 7.00. The Morgan fingerprint density at radius 1 is 1.07 bits per heavy atom. The van der Waals surface area contributed by atoms with Crippen molar-refractivity contribution in [3.63, 3.8) is 0 Å². The van der Waals surface area contributed by atoms with Gasteiger partial charge in [-0.2, -0.15) is 5.10 Å². The van der Waals surface area contributed by atoms with Gasteiger partial charge in [0.15, 0.2) is 5.43 Å². The zero-order chi connectivity index (χ0) is 20.0. The molecule has 0 aliphatic carbocycles. The van der Waals surface area contributed by atoms with Crippen LogP contribution >= 0.6 is 0 Å². The third-order valence-corrected chi connectivity index (χ3v) is 5.62. The summed E-state index contributed by atoms with van der Waals surface area (Å²) in [7, 11) is 4.20. The van der Waals surface area contributed by atoms with E-state index in [-0.39, 0.29) is 5.43 Å². The SMILES string of the molecule is CN(C)CCCCCNc1ccc2ncn3c2c1c(=O)c1ccc2[nH]ncc2c13. The largest absolute Gasteiger partial charge is 0.384 e. The van der Waals surface area contributed by atoms with E-state index >= 15 is 0 Å². The van der Waals surface area contributed by atoms with Gasteiger partial charge in [0.2, 0.25) is 0 Å². The highest BCUT2D eigenvalue weighted by molar-refractivity contribution is 6.12. The first-order valence-corrected chi connectivity index (χ1v) is 10.0. The Morgan fingerprint density at radius 2 is 1.97 bits per heavy atom. The van der Waals surface area contributed by atoms with Crippen LogP contribution in [0.2, 0.25) is 0 Å². The second-order valence-electron chi connectivity index (χ2n) is 7.88. The minimum Gasteiger partial charge on any atom is -0.384 e. The molecule has 0 saturated heterocycles. The number of imidazole rings is 1. The van der Waals surface area contributed by atoms with Crippen LogP contribution in [-0.4, -0.2) is 51.7 Å². The van der Waals surface area contributed by atoms with Crippen molar-refractivity contribution in [3.05, 3.63) is 47.0 Å². The predicted octanol–water partition coefficient (Wildman–Crippen LogP) is 3.46. The van der Waals surface area contributed by atoms with Crippen molar-refractivity contribution in [2.45, 2.75) is 19.3 Å². The smallest absolute Gasteiger partial charge is 0.199 e. The van der Waals surface area contributed by atoms with Crippen molar-refractivity contribution < 1.29 is 0 Å².